The van der Waals surface area contributed by atoms with E-state index < -0.39 is 0 Å². The van der Waals surface area contributed by atoms with E-state index in [-0.39, 0.29) is 0 Å². The third-order valence-corrected chi connectivity index (χ3v) is 2.46. The minimum atomic E-state index is 0.775. The van der Waals surface area contributed by atoms with E-state index in [1.165, 1.54) is 17.2 Å². The molecule has 0 spiro atoms. The van der Waals surface area contributed by atoms with Gasteiger partial charge in [0.25, 0.3) is 0 Å². The first-order valence-electron chi connectivity index (χ1n) is 4.03. The predicted molar refractivity (Wildman–Crippen MR) is 50.7 cm³/mol. The number of hydrogen-bond acceptors (Lipinski definition) is 4. The first-order chi connectivity index (χ1) is 6.25. The van der Waals surface area contributed by atoms with E-state index in [0.717, 1.165) is 17.1 Å². The lowest BCUT2D eigenvalue weighted by Crippen LogP contribution is -2.02. The van der Waals surface area contributed by atoms with Gasteiger partial charge in [0.2, 0.25) is 0 Å². The Kier molecular flexibility index (Phi) is 2.10. The van der Waals surface area contributed by atoms with Crippen LogP contribution in [0.4, 0.5) is 0 Å². The summed E-state index contributed by atoms with van der Waals surface area (Å²) >= 11 is 1.41. The summed E-state index contributed by atoms with van der Waals surface area (Å²) in [6.07, 6.45) is 1.78. The first kappa shape index (κ1) is 8.37. The maximum Gasteiger partial charge on any atom is 0.0787 e. The van der Waals surface area contributed by atoms with Crippen molar-refractivity contribution in [2.24, 2.45) is 0 Å². The maximum absolute atomic E-state index is 4.35. The van der Waals surface area contributed by atoms with Crippen molar-refractivity contribution in [2.75, 3.05) is 0 Å². The molecule has 0 aliphatic rings. The van der Waals surface area contributed by atoms with Crippen molar-refractivity contribution in [1.82, 2.24) is 19.4 Å². The minimum absolute atomic E-state index is 0.775. The first-order valence-corrected chi connectivity index (χ1v) is 4.80. The molecule has 13 heavy (non-hydrogen) atoms. The topological polar surface area (TPSA) is 43.6 Å². The van der Waals surface area contributed by atoms with Gasteiger partial charge in [-0.25, -0.2) is 0 Å². The van der Waals surface area contributed by atoms with Crippen LogP contribution in [0, 0.1) is 13.8 Å². The van der Waals surface area contributed by atoms with Crippen molar-refractivity contribution < 1.29 is 0 Å². The van der Waals surface area contributed by atoms with Gasteiger partial charge in [0.1, 0.15) is 0 Å². The van der Waals surface area contributed by atoms with Crippen molar-refractivity contribution in [3.8, 4) is 0 Å². The summed E-state index contributed by atoms with van der Waals surface area (Å²) in [6, 6.07) is 2.06. The fraction of sp³-hybridized carbons (Fsp3) is 0.375. The molecule has 0 unspecified atom stereocenters. The van der Waals surface area contributed by atoms with E-state index >= 15 is 0 Å². The quantitative estimate of drug-likeness (QED) is 0.725. The van der Waals surface area contributed by atoms with Crippen molar-refractivity contribution in [1.29, 1.82) is 0 Å². The third kappa shape index (κ3) is 1.75. The van der Waals surface area contributed by atoms with Crippen LogP contribution < -0.4 is 0 Å². The number of nitrogens with zero attached hydrogens (tertiary/aromatic N) is 4. The van der Waals surface area contributed by atoms with Gasteiger partial charge in [-0.1, -0.05) is 4.49 Å². The highest BCUT2D eigenvalue weighted by Gasteiger charge is 2.02. The van der Waals surface area contributed by atoms with E-state index in [9.17, 15) is 0 Å². The molecule has 0 saturated carbocycles. The standard InChI is InChI=1S/C8H10N4S/c1-6-3-7(2)12(10-6)5-8-4-9-11-13-8/h3-4H,5H2,1-2H3. The summed E-state index contributed by atoms with van der Waals surface area (Å²) in [6.45, 7) is 4.82. The molecular weight excluding hydrogens is 184 g/mol. The molecule has 0 radical (unpaired) electrons. The average molecular weight is 194 g/mol. The van der Waals surface area contributed by atoms with Gasteiger partial charge in [0.05, 0.1) is 23.3 Å². The highest BCUT2D eigenvalue weighted by atomic mass is 32.1. The molecule has 4 nitrogen and oxygen atoms in total. The van der Waals surface area contributed by atoms with Crippen LogP contribution in [0.25, 0.3) is 0 Å². The Morgan fingerprint density at radius 3 is 2.85 bits per heavy atom. The van der Waals surface area contributed by atoms with Gasteiger partial charge in [-0.15, -0.1) is 5.10 Å². The SMILES string of the molecule is Cc1cc(C)n(Cc2cnns2)n1. The van der Waals surface area contributed by atoms with Crippen LogP contribution in [0.15, 0.2) is 12.3 Å². The molecule has 0 amide bonds. The molecule has 2 aromatic rings. The zero-order chi connectivity index (χ0) is 9.26. The number of aryl methyl sites for hydroxylation is 2. The van der Waals surface area contributed by atoms with Crippen molar-refractivity contribution in [2.45, 2.75) is 20.4 Å². The van der Waals surface area contributed by atoms with Crippen LogP contribution in [0.1, 0.15) is 16.3 Å². The van der Waals surface area contributed by atoms with Crippen LogP contribution in [0.3, 0.4) is 0 Å². The average Bonchev–Trinajstić information content (AvgIpc) is 2.63. The molecule has 0 saturated heterocycles. The summed E-state index contributed by atoms with van der Waals surface area (Å²) in [5.74, 6) is 0. The molecule has 5 heteroatoms. The molecule has 0 N–H and O–H groups in total. The van der Waals surface area contributed by atoms with Crippen molar-refractivity contribution in [3.05, 3.63) is 28.5 Å². The number of aromatic nitrogens is 4. The molecule has 0 aliphatic heterocycles. The summed E-state index contributed by atoms with van der Waals surface area (Å²) in [5, 5.41) is 8.14. The van der Waals surface area contributed by atoms with E-state index in [1.54, 1.807) is 6.20 Å². The molecule has 2 rings (SSSR count). The minimum Gasteiger partial charge on any atom is -0.264 e. The Balaban J connectivity index is 2.23. The van der Waals surface area contributed by atoms with Gasteiger partial charge >= 0.3 is 0 Å². The van der Waals surface area contributed by atoms with Crippen molar-refractivity contribution in [3.63, 3.8) is 0 Å². The monoisotopic (exact) mass is 194 g/mol. The Labute approximate surface area is 80.4 Å². The molecular formula is C8H10N4S. The van der Waals surface area contributed by atoms with Gasteiger partial charge in [-0.2, -0.15) is 5.10 Å². The van der Waals surface area contributed by atoms with E-state index in [2.05, 4.69) is 27.7 Å². The highest BCUT2D eigenvalue weighted by Crippen LogP contribution is 2.08. The second-order valence-electron chi connectivity index (χ2n) is 2.97. The van der Waals surface area contributed by atoms with Crippen LogP contribution in [-0.2, 0) is 6.54 Å². The second-order valence-corrected chi connectivity index (χ2v) is 3.84. The fourth-order valence-electron chi connectivity index (χ4n) is 1.24. The highest BCUT2D eigenvalue weighted by molar-refractivity contribution is 7.05. The van der Waals surface area contributed by atoms with Crippen LogP contribution in [0.2, 0.25) is 0 Å². The van der Waals surface area contributed by atoms with E-state index in [1.807, 2.05) is 11.6 Å². The molecule has 68 valence electrons. The van der Waals surface area contributed by atoms with Gasteiger partial charge < -0.3 is 0 Å². The normalized spacial score (nSPS) is 10.6. The lowest BCUT2D eigenvalue weighted by atomic mass is 10.4. The van der Waals surface area contributed by atoms with Gasteiger partial charge in [0, 0.05) is 5.69 Å². The summed E-state index contributed by atoms with van der Waals surface area (Å²) in [4.78, 5) is 1.13. The molecule has 0 bridgehead atoms. The van der Waals surface area contributed by atoms with Gasteiger partial charge in [-0.05, 0) is 31.4 Å². The molecule has 0 atom stereocenters. The summed E-state index contributed by atoms with van der Waals surface area (Å²) < 4.78 is 5.77. The number of hydrogen-bond donors (Lipinski definition) is 0. The molecule has 0 aromatic carbocycles. The molecule has 2 heterocycles. The molecule has 0 fully saturated rings. The molecule has 2 aromatic heterocycles. The lowest BCUT2D eigenvalue weighted by Gasteiger charge is -1.99. The fourth-order valence-corrected chi connectivity index (χ4v) is 1.71. The van der Waals surface area contributed by atoms with Crippen LogP contribution >= 0.6 is 11.5 Å². The zero-order valence-electron chi connectivity index (χ0n) is 7.56. The lowest BCUT2D eigenvalue weighted by molar-refractivity contribution is 0.665. The smallest absolute Gasteiger partial charge is 0.0787 e. The Morgan fingerprint density at radius 1 is 1.46 bits per heavy atom. The predicted octanol–water partition coefficient (Wildman–Crippen LogP) is 1.40. The molecule has 0 aliphatic carbocycles. The summed E-state index contributed by atoms with van der Waals surface area (Å²) in [5.41, 5.74) is 2.22. The Bertz CT molecular complexity index is 390. The van der Waals surface area contributed by atoms with Crippen LogP contribution in [-0.4, -0.2) is 19.4 Å². The van der Waals surface area contributed by atoms with Crippen molar-refractivity contribution >= 4 is 11.5 Å². The Hall–Kier alpha value is -1.23. The second kappa shape index (κ2) is 3.26. The summed E-state index contributed by atoms with van der Waals surface area (Å²) in [7, 11) is 0. The Morgan fingerprint density at radius 2 is 2.31 bits per heavy atom. The zero-order valence-corrected chi connectivity index (χ0v) is 8.38. The van der Waals surface area contributed by atoms with Crippen LogP contribution in [0.5, 0.6) is 0 Å². The maximum atomic E-state index is 4.35. The van der Waals surface area contributed by atoms with Gasteiger partial charge in [0.15, 0.2) is 0 Å². The number of rotatable bonds is 2. The largest absolute Gasteiger partial charge is 0.264 e. The van der Waals surface area contributed by atoms with Gasteiger partial charge in [-0.3, -0.25) is 4.68 Å². The van der Waals surface area contributed by atoms with E-state index in [4.69, 9.17) is 0 Å². The van der Waals surface area contributed by atoms with E-state index in [0.29, 0.717) is 0 Å². The third-order valence-electron chi connectivity index (χ3n) is 1.82.